The summed E-state index contributed by atoms with van der Waals surface area (Å²) < 4.78 is 11.6. The van der Waals surface area contributed by atoms with Crippen molar-refractivity contribution < 1.29 is 9.47 Å². The highest BCUT2D eigenvalue weighted by Crippen LogP contribution is 2.36. The average Bonchev–Trinajstić information content (AvgIpc) is 3.19. The van der Waals surface area contributed by atoms with E-state index < -0.39 is 5.79 Å². The van der Waals surface area contributed by atoms with Gasteiger partial charge in [0.05, 0.1) is 25.1 Å². The van der Waals surface area contributed by atoms with E-state index in [1.165, 1.54) is 4.88 Å². The molecule has 0 aromatic carbocycles. The molecule has 2 aliphatic rings. The van der Waals surface area contributed by atoms with Crippen LogP contribution in [0, 0.1) is 0 Å². The molecule has 0 aliphatic carbocycles. The number of thiophene rings is 1. The van der Waals surface area contributed by atoms with Gasteiger partial charge in [-0.2, -0.15) is 0 Å². The van der Waals surface area contributed by atoms with Crippen molar-refractivity contribution in [3.05, 3.63) is 17.3 Å². The fourth-order valence-corrected chi connectivity index (χ4v) is 3.92. The van der Waals surface area contributed by atoms with Crippen molar-refractivity contribution in [1.29, 1.82) is 0 Å². The van der Waals surface area contributed by atoms with Crippen molar-refractivity contribution in [3.63, 3.8) is 0 Å². The number of hydrogen-bond donors (Lipinski definition) is 0. The van der Waals surface area contributed by atoms with Gasteiger partial charge in [0, 0.05) is 17.8 Å². The molecule has 2 aliphatic heterocycles. The Hall–Kier alpha value is -1.24. The standard InChI is InChI=1S/C14H17N3O2S/c1-2-10-7-11-12(15-9-16-13(11)20-10)17-4-3-14(8-17)18-5-6-19-14/h7,9H,2-6,8H2,1H3. The number of anilines is 1. The summed E-state index contributed by atoms with van der Waals surface area (Å²) in [4.78, 5) is 13.6. The first-order chi connectivity index (χ1) is 9.80. The highest BCUT2D eigenvalue weighted by atomic mass is 32.1. The van der Waals surface area contributed by atoms with Gasteiger partial charge in [0.15, 0.2) is 5.79 Å². The lowest BCUT2D eigenvalue weighted by Gasteiger charge is -2.23. The topological polar surface area (TPSA) is 47.5 Å². The summed E-state index contributed by atoms with van der Waals surface area (Å²) in [7, 11) is 0. The van der Waals surface area contributed by atoms with Gasteiger partial charge in [-0.1, -0.05) is 6.92 Å². The Balaban J connectivity index is 1.70. The van der Waals surface area contributed by atoms with Gasteiger partial charge in [-0.25, -0.2) is 9.97 Å². The number of rotatable bonds is 2. The molecule has 106 valence electrons. The lowest BCUT2D eigenvalue weighted by atomic mass is 10.2. The van der Waals surface area contributed by atoms with E-state index in [4.69, 9.17) is 9.47 Å². The summed E-state index contributed by atoms with van der Waals surface area (Å²) in [5.74, 6) is 0.614. The highest BCUT2D eigenvalue weighted by Gasteiger charge is 2.44. The number of fused-ring (bicyclic) bond motifs is 1. The molecule has 5 nitrogen and oxygen atoms in total. The van der Waals surface area contributed by atoms with Crippen molar-refractivity contribution in [2.24, 2.45) is 0 Å². The molecule has 0 atom stereocenters. The van der Waals surface area contributed by atoms with Crippen molar-refractivity contribution in [1.82, 2.24) is 9.97 Å². The summed E-state index contributed by atoms with van der Waals surface area (Å²) in [5, 5.41) is 1.16. The number of aryl methyl sites for hydroxylation is 1. The minimum Gasteiger partial charge on any atom is -0.350 e. The second kappa shape index (κ2) is 4.65. The summed E-state index contributed by atoms with van der Waals surface area (Å²) in [6.45, 7) is 5.25. The zero-order valence-corrected chi connectivity index (χ0v) is 12.3. The van der Waals surface area contributed by atoms with E-state index in [0.29, 0.717) is 13.2 Å². The van der Waals surface area contributed by atoms with E-state index in [2.05, 4.69) is 27.9 Å². The van der Waals surface area contributed by atoms with Gasteiger partial charge in [-0.05, 0) is 12.5 Å². The summed E-state index contributed by atoms with van der Waals surface area (Å²) in [6.07, 6.45) is 3.61. The largest absolute Gasteiger partial charge is 0.350 e. The van der Waals surface area contributed by atoms with Gasteiger partial charge >= 0.3 is 0 Å². The molecule has 4 heterocycles. The number of hydrogen-bond acceptors (Lipinski definition) is 6. The van der Waals surface area contributed by atoms with Crippen molar-refractivity contribution in [3.8, 4) is 0 Å². The van der Waals surface area contributed by atoms with Crippen LogP contribution in [0.3, 0.4) is 0 Å². The third kappa shape index (κ3) is 1.90. The molecule has 2 fully saturated rings. The van der Waals surface area contributed by atoms with E-state index in [9.17, 15) is 0 Å². The first-order valence-electron chi connectivity index (χ1n) is 7.06. The zero-order valence-electron chi connectivity index (χ0n) is 11.5. The molecule has 0 saturated carbocycles. The van der Waals surface area contributed by atoms with Gasteiger partial charge in [-0.3, -0.25) is 0 Å². The molecular weight excluding hydrogens is 274 g/mol. The zero-order chi connectivity index (χ0) is 13.6. The van der Waals surface area contributed by atoms with Crippen LogP contribution in [0.15, 0.2) is 12.4 Å². The summed E-state index contributed by atoms with van der Waals surface area (Å²) in [5.41, 5.74) is 0. The smallest absolute Gasteiger partial charge is 0.187 e. The van der Waals surface area contributed by atoms with Crippen LogP contribution in [0.5, 0.6) is 0 Å². The van der Waals surface area contributed by atoms with Crippen LogP contribution in [0.25, 0.3) is 10.2 Å². The van der Waals surface area contributed by atoms with E-state index in [0.717, 1.165) is 42.0 Å². The molecule has 6 heteroatoms. The van der Waals surface area contributed by atoms with Crippen LogP contribution in [-0.4, -0.2) is 42.1 Å². The van der Waals surface area contributed by atoms with Gasteiger partial charge in [0.1, 0.15) is 17.0 Å². The van der Waals surface area contributed by atoms with Crippen molar-refractivity contribution in [2.75, 3.05) is 31.2 Å². The Labute approximate surface area is 121 Å². The predicted molar refractivity (Wildman–Crippen MR) is 78.3 cm³/mol. The fourth-order valence-electron chi connectivity index (χ4n) is 2.99. The van der Waals surface area contributed by atoms with Crippen molar-refractivity contribution >= 4 is 27.4 Å². The Morgan fingerprint density at radius 3 is 3.00 bits per heavy atom. The van der Waals surface area contributed by atoms with Gasteiger partial charge in [-0.15, -0.1) is 11.3 Å². The average molecular weight is 291 g/mol. The molecule has 0 radical (unpaired) electrons. The van der Waals surface area contributed by atoms with E-state index in [1.54, 1.807) is 17.7 Å². The van der Waals surface area contributed by atoms with Crippen molar-refractivity contribution in [2.45, 2.75) is 25.6 Å². The minimum atomic E-state index is -0.402. The third-order valence-electron chi connectivity index (χ3n) is 4.02. The molecule has 20 heavy (non-hydrogen) atoms. The summed E-state index contributed by atoms with van der Waals surface area (Å²) >= 11 is 1.75. The Kier molecular flexibility index (Phi) is 2.90. The third-order valence-corrected chi connectivity index (χ3v) is 5.20. The highest BCUT2D eigenvalue weighted by molar-refractivity contribution is 7.18. The Morgan fingerprint density at radius 2 is 2.20 bits per heavy atom. The van der Waals surface area contributed by atoms with Crippen LogP contribution in [0.4, 0.5) is 5.82 Å². The normalized spacial score (nSPS) is 21.4. The molecule has 2 aromatic heterocycles. The van der Waals surface area contributed by atoms with Gasteiger partial charge in [0.25, 0.3) is 0 Å². The number of nitrogens with zero attached hydrogens (tertiary/aromatic N) is 3. The SMILES string of the molecule is CCc1cc2c(N3CCC4(C3)OCCO4)ncnc2s1. The maximum absolute atomic E-state index is 5.79. The van der Waals surface area contributed by atoms with Crippen LogP contribution in [-0.2, 0) is 15.9 Å². The summed E-state index contributed by atoms with van der Waals surface area (Å²) in [6, 6.07) is 2.22. The first kappa shape index (κ1) is 12.5. The minimum absolute atomic E-state index is 0.402. The second-order valence-corrected chi connectivity index (χ2v) is 6.38. The van der Waals surface area contributed by atoms with Crippen LogP contribution in [0.2, 0.25) is 0 Å². The number of aromatic nitrogens is 2. The van der Waals surface area contributed by atoms with Gasteiger partial charge < -0.3 is 14.4 Å². The molecule has 2 aromatic rings. The van der Waals surface area contributed by atoms with E-state index >= 15 is 0 Å². The maximum atomic E-state index is 5.79. The molecule has 1 spiro atoms. The maximum Gasteiger partial charge on any atom is 0.187 e. The van der Waals surface area contributed by atoms with Crippen LogP contribution >= 0.6 is 11.3 Å². The van der Waals surface area contributed by atoms with E-state index in [1.807, 2.05) is 0 Å². The lowest BCUT2D eigenvalue weighted by molar-refractivity contribution is -0.137. The first-order valence-corrected chi connectivity index (χ1v) is 7.88. The predicted octanol–water partition coefficient (Wildman–Crippen LogP) is 2.21. The van der Waals surface area contributed by atoms with Gasteiger partial charge in [0.2, 0.25) is 0 Å². The quantitative estimate of drug-likeness (QED) is 0.849. The number of ether oxygens (including phenoxy) is 2. The van der Waals surface area contributed by atoms with Crippen LogP contribution in [0.1, 0.15) is 18.2 Å². The molecule has 0 bridgehead atoms. The Bertz CT molecular complexity index is 636. The van der Waals surface area contributed by atoms with Crippen LogP contribution < -0.4 is 4.90 Å². The molecular formula is C14H17N3O2S. The van der Waals surface area contributed by atoms with E-state index in [-0.39, 0.29) is 0 Å². The molecule has 2 saturated heterocycles. The lowest BCUT2D eigenvalue weighted by Crippen LogP contribution is -2.34. The molecule has 0 amide bonds. The fraction of sp³-hybridized carbons (Fsp3) is 0.571. The Morgan fingerprint density at radius 1 is 1.35 bits per heavy atom. The molecule has 0 unspecified atom stereocenters. The molecule has 0 N–H and O–H groups in total. The molecule has 4 rings (SSSR count). The second-order valence-electron chi connectivity index (χ2n) is 5.26. The monoisotopic (exact) mass is 291 g/mol.